The molecule has 1 aromatic rings. The molecular weight excluding hydrogens is 338 g/mol. The standard InChI is InChI=1S/C18H29N3O3S/c1-12-10-14(16(25-12)20-17(24)18(2,3)4)15(23)19-7-9-21-8-5-6-13(22)11-21/h10,13,22H,5-9,11H2,1-4H3,(H,19,23)(H,20,24)/t13-/m1/s1. The molecule has 1 fully saturated rings. The Kier molecular flexibility index (Phi) is 6.59. The van der Waals surface area contributed by atoms with Gasteiger partial charge < -0.3 is 15.7 Å². The molecule has 6 nitrogen and oxygen atoms in total. The molecule has 1 aliphatic rings. The van der Waals surface area contributed by atoms with E-state index in [0.717, 1.165) is 30.8 Å². The van der Waals surface area contributed by atoms with E-state index in [1.807, 2.05) is 33.8 Å². The molecule has 140 valence electrons. The Morgan fingerprint density at radius 3 is 2.76 bits per heavy atom. The highest BCUT2D eigenvalue weighted by Crippen LogP contribution is 2.29. The van der Waals surface area contributed by atoms with Gasteiger partial charge >= 0.3 is 0 Å². The summed E-state index contributed by atoms with van der Waals surface area (Å²) in [6.07, 6.45) is 1.58. The van der Waals surface area contributed by atoms with Crippen LogP contribution in [0.2, 0.25) is 0 Å². The number of hydrogen-bond donors (Lipinski definition) is 3. The number of thiophene rings is 1. The molecule has 2 amide bonds. The topological polar surface area (TPSA) is 81.7 Å². The summed E-state index contributed by atoms with van der Waals surface area (Å²) in [6, 6.07) is 1.81. The number of β-amino-alcohol motifs (C(OH)–C–C–N with tert-alkyl or cyclic N) is 1. The van der Waals surface area contributed by atoms with Gasteiger partial charge in [-0.15, -0.1) is 11.3 Å². The lowest BCUT2D eigenvalue weighted by Gasteiger charge is -2.29. The largest absolute Gasteiger partial charge is 0.392 e. The minimum absolute atomic E-state index is 0.106. The minimum Gasteiger partial charge on any atom is -0.392 e. The number of likely N-dealkylation sites (tertiary alicyclic amines) is 1. The maximum atomic E-state index is 12.5. The molecule has 1 aliphatic heterocycles. The number of piperidine rings is 1. The van der Waals surface area contributed by atoms with Crippen LogP contribution in [-0.2, 0) is 4.79 Å². The molecule has 2 rings (SSSR count). The number of hydrogen-bond acceptors (Lipinski definition) is 5. The van der Waals surface area contributed by atoms with Crippen molar-refractivity contribution in [1.29, 1.82) is 0 Å². The second kappa shape index (κ2) is 8.29. The Morgan fingerprint density at radius 2 is 2.12 bits per heavy atom. The van der Waals surface area contributed by atoms with Gasteiger partial charge in [-0.3, -0.25) is 14.5 Å². The summed E-state index contributed by atoms with van der Waals surface area (Å²) >= 11 is 1.41. The lowest BCUT2D eigenvalue weighted by atomic mass is 9.96. The predicted octanol–water partition coefficient (Wildman–Crippen LogP) is 2.23. The van der Waals surface area contributed by atoms with Crippen LogP contribution in [-0.4, -0.2) is 54.1 Å². The Labute approximate surface area is 153 Å². The molecule has 0 radical (unpaired) electrons. The summed E-state index contributed by atoms with van der Waals surface area (Å²) in [5.41, 5.74) is -0.000398. The Hall–Kier alpha value is -1.44. The molecule has 0 aromatic carbocycles. The second-order valence-corrected chi connectivity index (χ2v) is 8.91. The van der Waals surface area contributed by atoms with E-state index < -0.39 is 5.41 Å². The normalized spacial score (nSPS) is 18.8. The summed E-state index contributed by atoms with van der Waals surface area (Å²) in [5.74, 6) is -0.281. The van der Waals surface area contributed by atoms with Gasteiger partial charge in [-0.05, 0) is 32.4 Å². The van der Waals surface area contributed by atoms with E-state index in [9.17, 15) is 14.7 Å². The van der Waals surface area contributed by atoms with Crippen molar-refractivity contribution in [3.63, 3.8) is 0 Å². The number of aryl methyl sites for hydroxylation is 1. The number of nitrogens with zero attached hydrogens (tertiary/aromatic N) is 1. The van der Waals surface area contributed by atoms with E-state index in [0.29, 0.717) is 23.7 Å². The summed E-state index contributed by atoms with van der Waals surface area (Å²) in [7, 11) is 0. The highest BCUT2D eigenvalue weighted by molar-refractivity contribution is 7.16. The fraction of sp³-hybridized carbons (Fsp3) is 0.667. The highest BCUT2D eigenvalue weighted by Gasteiger charge is 2.24. The maximum Gasteiger partial charge on any atom is 0.254 e. The first-order chi connectivity index (χ1) is 11.7. The summed E-state index contributed by atoms with van der Waals surface area (Å²) in [5, 5.41) is 16.1. The van der Waals surface area contributed by atoms with Crippen molar-refractivity contribution in [2.45, 2.75) is 46.6 Å². The van der Waals surface area contributed by atoms with Crippen LogP contribution in [0.1, 0.15) is 48.8 Å². The van der Waals surface area contributed by atoms with Gasteiger partial charge in [0.1, 0.15) is 5.00 Å². The maximum absolute atomic E-state index is 12.5. The summed E-state index contributed by atoms with van der Waals surface area (Å²) < 4.78 is 0. The van der Waals surface area contributed by atoms with E-state index in [1.165, 1.54) is 11.3 Å². The zero-order chi connectivity index (χ0) is 18.6. The van der Waals surface area contributed by atoms with Crippen LogP contribution in [0.15, 0.2) is 6.07 Å². The summed E-state index contributed by atoms with van der Waals surface area (Å²) in [6.45, 7) is 10.3. The molecule has 0 spiro atoms. The van der Waals surface area contributed by atoms with Crippen LogP contribution in [0.5, 0.6) is 0 Å². The first kappa shape index (κ1) is 19.9. The van der Waals surface area contributed by atoms with Gasteiger partial charge in [-0.25, -0.2) is 0 Å². The van der Waals surface area contributed by atoms with E-state index >= 15 is 0 Å². The van der Waals surface area contributed by atoms with Gasteiger partial charge in [0, 0.05) is 29.9 Å². The van der Waals surface area contributed by atoms with Crippen molar-refractivity contribution < 1.29 is 14.7 Å². The van der Waals surface area contributed by atoms with Crippen molar-refractivity contribution in [3.05, 3.63) is 16.5 Å². The van der Waals surface area contributed by atoms with Crippen LogP contribution in [0, 0.1) is 12.3 Å². The van der Waals surface area contributed by atoms with Crippen molar-refractivity contribution in [2.24, 2.45) is 5.41 Å². The van der Waals surface area contributed by atoms with Crippen molar-refractivity contribution >= 4 is 28.2 Å². The first-order valence-corrected chi connectivity index (χ1v) is 9.59. The van der Waals surface area contributed by atoms with Gasteiger partial charge in [0.15, 0.2) is 0 Å². The summed E-state index contributed by atoms with van der Waals surface area (Å²) in [4.78, 5) is 27.8. The second-order valence-electron chi connectivity index (χ2n) is 7.66. The first-order valence-electron chi connectivity index (χ1n) is 8.77. The van der Waals surface area contributed by atoms with Gasteiger partial charge in [-0.2, -0.15) is 0 Å². The molecule has 3 N–H and O–H groups in total. The SMILES string of the molecule is Cc1cc(C(=O)NCCN2CCC[C@@H](O)C2)c(NC(=O)C(C)(C)C)s1. The van der Waals surface area contributed by atoms with Crippen LogP contribution >= 0.6 is 11.3 Å². The van der Waals surface area contributed by atoms with Gasteiger partial charge in [0.25, 0.3) is 5.91 Å². The molecule has 0 unspecified atom stereocenters. The molecule has 0 saturated carbocycles. The molecule has 7 heteroatoms. The average Bonchev–Trinajstić information content (AvgIpc) is 2.87. The number of aliphatic hydroxyl groups is 1. The Morgan fingerprint density at radius 1 is 1.40 bits per heavy atom. The molecule has 25 heavy (non-hydrogen) atoms. The van der Waals surface area contributed by atoms with E-state index in [2.05, 4.69) is 15.5 Å². The zero-order valence-corrected chi connectivity index (χ0v) is 16.3. The van der Waals surface area contributed by atoms with E-state index in [4.69, 9.17) is 0 Å². The number of carbonyl (C=O) groups excluding carboxylic acids is 2. The molecule has 1 saturated heterocycles. The molecule has 0 bridgehead atoms. The van der Waals surface area contributed by atoms with Crippen molar-refractivity contribution in [2.75, 3.05) is 31.5 Å². The highest BCUT2D eigenvalue weighted by atomic mass is 32.1. The fourth-order valence-corrected chi connectivity index (χ4v) is 3.63. The van der Waals surface area contributed by atoms with Crippen molar-refractivity contribution in [3.8, 4) is 0 Å². The third kappa shape index (κ3) is 5.80. The number of rotatable bonds is 5. The zero-order valence-electron chi connectivity index (χ0n) is 15.5. The van der Waals surface area contributed by atoms with Crippen LogP contribution in [0.25, 0.3) is 0 Å². The monoisotopic (exact) mass is 367 g/mol. The molecule has 0 aliphatic carbocycles. The predicted molar refractivity (Wildman–Crippen MR) is 101 cm³/mol. The number of nitrogens with one attached hydrogen (secondary N) is 2. The van der Waals surface area contributed by atoms with Gasteiger partial charge in [0.05, 0.1) is 11.7 Å². The molecule has 1 atom stereocenters. The Bertz CT molecular complexity index is 622. The van der Waals surface area contributed by atoms with Crippen LogP contribution < -0.4 is 10.6 Å². The van der Waals surface area contributed by atoms with Gasteiger partial charge in [-0.1, -0.05) is 20.8 Å². The molecular formula is C18H29N3O3S. The van der Waals surface area contributed by atoms with Crippen LogP contribution in [0.4, 0.5) is 5.00 Å². The van der Waals surface area contributed by atoms with E-state index in [-0.39, 0.29) is 17.9 Å². The molecule has 2 heterocycles. The lowest BCUT2D eigenvalue weighted by Crippen LogP contribution is -2.42. The smallest absolute Gasteiger partial charge is 0.254 e. The van der Waals surface area contributed by atoms with Gasteiger partial charge in [0.2, 0.25) is 5.91 Å². The lowest BCUT2D eigenvalue weighted by molar-refractivity contribution is -0.123. The minimum atomic E-state index is -0.513. The Balaban J connectivity index is 1.91. The average molecular weight is 368 g/mol. The number of amides is 2. The quantitative estimate of drug-likeness (QED) is 0.745. The molecule has 1 aromatic heterocycles. The number of carbonyl (C=O) groups is 2. The van der Waals surface area contributed by atoms with E-state index in [1.54, 1.807) is 0 Å². The number of anilines is 1. The number of aliphatic hydroxyl groups excluding tert-OH is 1. The third-order valence-corrected chi connectivity index (χ3v) is 5.17. The third-order valence-electron chi connectivity index (χ3n) is 4.20. The van der Waals surface area contributed by atoms with Crippen molar-refractivity contribution in [1.82, 2.24) is 10.2 Å². The van der Waals surface area contributed by atoms with Crippen LogP contribution in [0.3, 0.4) is 0 Å². The fourth-order valence-electron chi connectivity index (χ4n) is 2.72.